The first-order chi connectivity index (χ1) is 6.79. The number of hydrogen-bond donors (Lipinski definition) is 1. The molecular formula is C10H15N3O. The molecule has 4 nitrogen and oxygen atoms in total. The van der Waals surface area contributed by atoms with Gasteiger partial charge in [0.25, 0.3) is 0 Å². The Balaban J connectivity index is 2.15. The minimum absolute atomic E-state index is 0.0730. The van der Waals surface area contributed by atoms with Crippen LogP contribution in [-0.4, -0.2) is 40.1 Å². The van der Waals surface area contributed by atoms with Gasteiger partial charge in [0.2, 0.25) is 0 Å². The maximum atomic E-state index is 8.92. The minimum Gasteiger partial charge on any atom is -0.388 e. The van der Waals surface area contributed by atoms with E-state index in [1.54, 1.807) is 6.20 Å². The molecule has 1 N–H and O–H groups in total. The molecule has 0 aliphatic carbocycles. The van der Waals surface area contributed by atoms with Gasteiger partial charge in [0.15, 0.2) is 5.82 Å². The van der Waals surface area contributed by atoms with E-state index in [9.17, 15) is 0 Å². The molecule has 0 saturated carbocycles. The van der Waals surface area contributed by atoms with Crippen LogP contribution in [-0.2, 0) is 6.61 Å². The fraction of sp³-hybridized carbons (Fsp3) is 0.600. The van der Waals surface area contributed by atoms with Crippen LogP contribution in [0.3, 0.4) is 0 Å². The molecule has 76 valence electrons. The molecule has 0 spiro atoms. The van der Waals surface area contributed by atoms with Crippen molar-refractivity contribution in [2.75, 3.05) is 20.1 Å². The van der Waals surface area contributed by atoms with E-state index >= 15 is 0 Å². The zero-order chi connectivity index (χ0) is 9.97. The van der Waals surface area contributed by atoms with Crippen LogP contribution in [0.2, 0.25) is 0 Å². The highest BCUT2D eigenvalue weighted by Crippen LogP contribution is 2.24. The van der Waals surface area contributed by atoms with E-state index in [1.165, 1.54) is 0 Å². The number of likely N-dealkylation sites (tertiary alicyclic amines) is 1. The minimum atomic E-state index is -0.0730. The second-order valence-electron chi connectivity index (χ2n) is 3.80. The van der Waals surface area contributed by atoms with Gasteiger partial charge in [0.05, 0.1) is 0 Å². The monoisotopic (exact) mass is 193 g/mol. The summed E-state index contributed by atoms with van der Waals surface area (Å²) in [6.07, 6.45) is 2.88. The SMILES string of the molecule is CN1CCC(c2ccnc(CO)n2)C1. The van der Waals surface area contributed by atoms with Crippen molar-refractivity contribution in [1.29, 1.82) is 0 Å². The molecule has 1 aromatic heterocycles. The Labute approximate surface area is 83.6 Å². The van der Waals surface area contributed by atoms with Crippen molar-refractivity contribution in [2.45, 2.75) is 18.9 Å². The van der Waals surface area contributed by atoms with Crippen LogP contribution in [0.5, 0.6) is 0 Å². The Morgan fingerprint density at radius 2 is 2.50 bits per heavy atom. The summed E-state index contributed by atoms with van der Waals surface area (Å²) in [4.78, 5) is 10.6. The van der Waals surface area contributed by atoms with Crippen LogP contribution in [0.4, 0.5) is 0 Å². The zero-order valence-corrected chi connectivity index (χ0v) is 8.35. The molecule has 0 bridgehead atoms. The molecule has 1 unspecified atom stereocenters. The van der Waals surface area contributed by atoms with Crippen molar-refractivity contribution in [3.8, 4) is 0 Å². The first-order valence-corrected chi connectivity index (χ1v) is 4.91. The van der Waals surface area contributed by atoms with Gasteiger partial charge < -0.3 is 10.0 Å². The van der Waals surface area contributed by atoms with Crippen LogP contribution >= 0.6 is 0 Å². The molecule has 2 rings (SSSR count). The lowest BCUT2D eigenvalue weighted by Gasteiger charge is -2.09. The molecule has 1 fully saturated rings. The van der Waals surface area contributed by atoms with Crippen LogP contribution < -0.4 is 0 Å². The summed E-state index contributed by atoms with van der Waals surface area (Å²) in [6, 6.07) is 1.95. The van der Waals surface area contributed by atoms with E-state index in [0.29, 0.717) is 11.7 Å². The molecule has 1 aliphatic rings. The Hall–Kier alpha value is -1.00. The molecule has 1 aromatic rings. The van der Waals surface area contributed by atoms with Crippen LogP contribution in [0.1, 0.15) is 23.9 Å². The van der Waals surface area contributed by atoms with E-state index < -0.39 is 0 Å². The fourth-order valence-electron chi connectivity index (χ4n) is 1.89. The van der Waals surface area contributed by atoms with Crippen molar-refractivity contribution in [1.82, 2.24) is 14.9 Å². The molecule has 2 heterocycles. The summed E-state index contributed by atoms with van der Waals surface area (Å²) in [6.45, 7) is 2.11. The first kappa shape index (κ1) is 9.55. The normalized spacial score (nSPS) is 22.9. The first-order valence-electron chi connectivity index (χ1n) is 4.91. The standard InChI is InChI=1S/C10H15N3O/c1-13-5-3-8(6-13)9-2-4-11-10(7-14)12-9/h2,4,8,14H,3,5-7H2,1H3. The van der Waals surface area contributed by atoms with Gasteiger partial charge in [0, 0.05) is 24.4 Å². The van der Waals surface area contributed by atoms with E-state index in [-0.39, 0.29) is 6.61 Å². The van der Waals surface area contributed by atoms with E-state index in [1.807, 2.05) is 6.07 Å². The molecule has 1 aliphatic heterocycles. The van der Waals surface area contributed by atoms with Crippen molar-refractivity contribution in [3.05, 3.63) is 23.8 Å². The average Bonchev–Trinajstić information content (AvgIpc) is 2.65. The lowest BCUT2D eigenvalue weighted by Crippen LogP contribution is -2.14. The maximum Gasteiger partial charge on any atom is 0.153 e. The summed E-state index contributed by atoms with van der Waals surface area (Å²) in [5.74, 6) is 1.03. The van der Waals surface area contributed by atoms with Gasteiger partial charge in [-0.3, -0.25) is 0 Å². The largest absolute Gasteiger partial charge is 0.388 e. The van der Waals surface area contributed by atoms with Crippen molar-refractivity contribution in [3.63, 3.8) is 0 Å². The molecule has 0 amide bonds. The second-order valence-corrected chi connectivity index (χ2v) is 3.80. The highest BCUT2D eigenvalue weighted by atomic mass is 16.3. The number of aromatic nitrogens is 2. The van der Waals surface area contributed by atoms with Gasteiger partial charge in [0.1, 0.15) is 6.61 Å². The Bertz CT molecular complexity index is 316. The highest BCUT2D eigenvalue weighted by Gasteiger charge is 2.22. The fourth-order valence-corrected chi connectivity index (χ4v) is 1.89. The topological polar surface area (TPSA) is 49.2 Å². The average molecular weight is 193 g/mol. The Morgan fingerprint density at radius 1 is 1.64 bits per heavy atom. The van der Waals surface area contributed by atoms with E-state index in [4.69, 9.17) is 5.11 Å². The van der Waals surface area contributed by atoms with Gasteiger partial charge in [-0.15, -0.1) is 0 Å². The Kier molecular flexibility index (Phi) is 2.74. The van der Waals surface area contributed by atoms with E-state index in [2.05, 4.69) is 21.9 Å². The molecular weight excluding hydrogens is 178 g/mol. The zero-order valence-electron chi connectivity index (χ0n) is 8.35. The predicted molar refractivity (Wildman–Crippen MR) is 52.8 cm³/mol. The molecule has 0 radical (unpaired) electrons. The lowest BCUT2D eigenvalue weighted by molar-refractivity contribution is 0.270. The van der Waals surface area contributed by atoms with Gasteiger partial charge in [-0.25, -0.2) is 9.97 Å². The number of rotatable bonds is 2. The molecule has 4 heteroatoms. The second kappa shape index (κ2) is 4.02. The summed E-state index contributed by atoms with van der Waals surface area (Å²) in [5.41, 5.74) is 1.06. The predicted octanol–water partition coefficient (Wildman–Crippen LogP) is 0.388. The van der Waals surface area contributed by atoms with Gasteiger partial charge >= 0.3 is 0 Å². The van der Waals surface area contributed by atoms with Gasteiger partial charge in [-0.1, -0.05) is 0 Å². The summed E-state index contributed by atoms with van der Waals surface area (Å²) < 4.78 is 0. The van der Waals surface area contributed by atoms with Crippen molar-refractivity contribution >= 4 is 0 Å². The third-order valence-electron chi connectivity index (χ3n) is 2.68. The molecule has 1 saturated heterocycles. The van der Waals surface area contributed by atoms with Gasteiger partial charge in [-0.2, -0.15) is 0 Å². The number of nitrogens with zero attached hydrogens (tertiary/aromatic N) is 3. The van der Waals surface area contributed by atoms with Crippen LogP contribution in [0.25, 0.3) is 0 Å². The third-order valence-corrected chi connectivity index (χ3v) is 2.68. The van der Waals surface area contributed by atoms with E-state index in [0.717, 1.165) is 25.2 Å². The molecule has 0 aromatic carbocycles. The Morgan fingerprint density at radius 3 is 3.14 bits per heavy atom. The molecule has 1 atom stereocenters. The quantitative estimate of drug-likeness (QED) is 0.738. The molecule has 14 heavy (non-hydrogen) atoms. The number of hydrogen-bond acceptors (Lipinski definition) is 4. The van der Waals surface area contributed by atoms with Crippen molar-refractivity contribution in [2.24, 2.45) is 0 Å². The number of aliphatic hydroxyl groups excluding tert-OH is 1. The summed E-state index contributed by atoms with van der Waals surface area (Å²) >= 11 is 0. The maximum absolute atomic E-state index is 8.92. The smallest absolute Gasteiger partial charge is 0.153 e. The van der Waals surface area contributed by atoms with Crippen molar-refractivity contribution < 1.29 is 5.11 Å². The lowest BCUT2D eigenvalue weighted by atomic mass is 10.1. The van der Waals surface area contributed by atoms with Crippen LogP contribution in [0, 0.1) is 0 Å². The number of likely N-dealkylation sites (N-methyl/N-ethyl adjacent to an activating group) is 1. The van der Waals surface area contributed by atoms with Gasteiger partial charge in [-0.05, 0) is 26.1 Å². The van der Waals surface area contributed by atoms with Crippen LogP contribution in [0.15, 0.2) is 12.3 Å². The third kappa shape index (κ3) is 1.91. The summed E-state index contributed by atoms with van der Waals surface area (Å²) in [5, 5.41) is 8.92. The highest BCUT2D eigenvalue weighted by molar-refractivity contribution is 5.10. The number of aliphatic hydroxyl groups is 1. The summed E-state index contributed by atoms with van der Waals surface area (Å²) in [7, 11) is 2.12.